The Morgan fingerprint density at radius 3 is 2.65 bits per heavy atom. The van der Waals surface area contributed by atoms with Gasteiger partial charge in [0.2, 0.25) is 0 Å². The van der Waals surface area contributed by atoms with Crippen molar-refractivity contribution >= 4 is 5.82 Å². The van der Waals surface area contributed by atoms with E-state index in [0.29, 0.717) is 11.7 Å². The van der Waals surface area contributed by atoms with Gasteiger partial charge in [0.1, 0.15) is 11.6 Å². The second-order valence-electron chi connectivity index (χ2n) is 5.55. The first-order chi connectivity index (χ1) is 9.65. The Morgan fingerprint density at radius 1 is 1.20 bits per heavy atom. The average molecular weight is 269 g/mol. The molecule has 0 amide bonds. The molecule has 0 fully saturated rings. The van der Waals surface area contributed by atoms with E-state index in [1.54, 1.807) is 0 Å². The third kappa shape index (κ3) is 2.33. The lowest BCUT2D eigenvalue weighted by molar-refractivity contribution is 0.800. The fourth-order valence-corrected chi connectivity index (χ4v) is 2.51. The minimum atomic E-state index is -0.0230. The van der Waals surface area contributed by atoms with Crippen molar-refractivity contribution in [2.45, 2.75) is 32.6 Å². The van der Waals surface area contributed by atoms with Gasteiger partial charge in [0, 0.05) is 12.1 Å². The summed E-state index contributed by atoms with van der Waals surface area (Å²) in [6.45, 7) is 5.21. The number of aromatic amines is 1. The Bertz CT molecular complexity index is 671. The van der Waals surface area contributed by atoms with E-state index in [9.17, 15) is 4.79 Å². The Hall–Kier alpha value is -2.10. The maximum absolute atomic E-state index is 12.1. The minimum Gasteiger partial charge on any atom is -0.370 e. The fraction of sp³-hybridized carbons (Fsp3) is 0.375. The molecule has 0 spiro atoms. The molecule has 0 atom stereocenters. The lowest BCUT2D eigenvalue weighted by atomic mass is 10.0. The van der Waals surface area contributed by atoms with Gasteiger partial charge in [-0.1, -0.05) is 38.1 Å². The van der Waals surface area contributed by atoms with E-state index >= 15 is 0 Å². The number of anilines is 1. The van der Waals surface area contributed by atoms with Gasteiger partial charge >= 0.3 is 0 Å². The van der Waals surface area contributed by atoms with Crippen LogP contribution in [0.1, 0.15) is 37.3 Å². The highest BCUT2D eigenvalue weighted by atomic mass is 16.1. The maximum atomic E-state index is 12.1. The zero-order valence-electron chi connectivity index (χ0n) is 11.9. The Balaban J connectivity index is 2.02. The van der Waals surface area contributed by atoms with Crippen LogP contribution in [-0.4, -0.2) is 16.5 Å². The monoisotopic (exact) mass is 269 g/mol. The predicted molar refractivity (Wildman–Crippen MR) is 81.2 cm³/mol. The molecule has 4 heteroatoms. The normalized spacial score (nSPS) is 13.9. The number of aromatic nitrogens is 2. The number of nitrogens with one attached hydrogen (secondary N) is 2. The van der Waals surface area contributed by atoms with E-state index in [2.05, 4.69) is 41.3 Å². The summed E-state index contributed by atoms with van der Waals surface area (Å²) in [5.74, 6) is 1.88. The van der Waals surface area contributed by atoms with E-state index in [-0.39, 0.29) is 5.56 Å². The topological polar surface area (TPSA) is 57.8 Å². The number of hydrogen-bond acceptors (Lipinski definition) is 3. The molecular weight excluding hydrogens is 250 g/mol. The van der Waals surface area contributed by atoms with E-state index < -0.39 is 0 Å². The Labute approximate surface area is 118 Å². The Kier molecular flexibility index (Phi) is 3.30. The van der Waals surface area contributed by atoms with E-state index in [4.69, 9.17) is 0 Å². The number of benzene rings is 1. The largest absolute Gasteiger partial charge is 0.370 e. The molecule has 0 saturated heterocycles. The Morgan fingerprint density at radius 2 is 1.95 bits per heavy atom. The molecule has 0 radical (unpaired) electrons. The van der Waals surface area contributed by atoms with Crippen LogP contribution in [0.15, 0.2) is 29.1 Å². The number of rotatable bonds is 2. The highest BCUT2D eigenvalue weighted by Gasteiger charge is 2.15. The van der Waals surface area contributed by atoms with Crippen molar-refractivity contribution in [3.05, 3.63) is 45.7 Å². The summed E-state index contributed by atoms with van der Waals surface area (Å²) in [5, 5.41) is 3.21. The zero-order chi connectivity index (χ0) is 14.1. The van der Waals surface area contributed by atoms with Gasteiger partial charge in [0.25, 0.3) is 5.56 Å². The van der Waals surface area contributed by atoms with Gasteiger partial charge in [-0.3, -0.25) is 4.79 Å². The molecule has 0 unspecified atom stereocenters. The first kappa shape index (κ1) is 12.9. The van der Waals surface area contributed by atoms with Crippen LogP contribution in [0.2, 0.25) is 0 Å². The molecule has 3 rings (SSSR count). The number of hydrogen-bond donors (Lipinski definition) is 2. The molecule has 1 aliphatic heterocycles. The van der Waals surface area contributed by atoms with Crippen LogP contribution in [0.25, 0.3) is 11.4 Å². The number of H-pyrrole nitrogens is 1. The molecule has 1 aromatic carbocycles. The van der Waals surface area contributed by atoms with Gasteiger partial charge < -0.3 is 10.3 Å². The maximum Gasteiger partial charge on any atom is 0.256 e. The van der Waals surface area contributed by atoms with Gasteiger partial charge in [0.15, 0.2) is 0 Å². The third-order valence-corrected chi connectivity index (χ3v) is 3.76. The van der Waals surface area contributed by atoms with E-state index in [0.717, 1.165) is 36.3 Å². The van der Waals surface area contributed by atoms with Crippen molar-refractivity contribution in [3.63, 3.8) is 0 Å². The van der Waals surface area contributed by atoms with Crippen molar-refractivity contribution in [1.29, 1.82) is 0 Å². The molecule has 2 aromatic rings. The summed E-state index contributed by atoms with van der Waals surface area (Å²) in [4.78, 5) is 19.5. The molecule has 0 bridgehead atoms. The molecule has 104 valence electrons. The van der Waals surface area contributed by atoms with E-state index in [1.165, 1.54) is 5.56 Å². The van der Waals surface area contributed by atoms with Gasteiger partial charge in [-0.05, 0) is 24.3 Å². The van der Waals surface area contributed by atoms with Crippen molar-refractivity contribution in [3.8, 4) is 11.4 Å². The lowest BCUT2D eigenvalue weighted by Crippen LogP contribution is -2.24. The molecule has 20 heavy (non-hydrogen) atoms. The second-order valence-corrected chi connectivity index (χ2v) is 5.55. The van der Waals surface area contributed by atoms with Crippen molar-refractivity contribution in [2.24, 2.45) is 0 Å². The first-order valence-corrected chi connectivity index (χ1v) is 7.12. The van der Waals surface area contributed by atoms with Crippen LogP contribution < -0.4 is 10.9 Å². The van der Waals surface area contributed by atoms with Gasteiger partial charge in [-0.15, -0.1) is 0 Å². The van der Waals surface area contributed by atoms with Crippen LogP contribution in [-0.2, 0) is 6.42 Å². The van der Waals surface area contributed by atoms with Crippen molar-refractivity contribution in [1.82, 2.24) is 9.97 Å². The average Bonchev–Trinajstić information content (AvgIpc) is 2.47. The molecule has 2 heterocycles. The minimum absolute atomic E-state index is 0.0230. The standard InChI is InChI=1S/C16H19N3O/c1-10(2)11-5-7-12(8-6-11)14-18-15-13(16(20)19-14)4-3-9-17-15/h5-8,10H,3-4,9H2,1-2H3,(H2,17,18,19,20). The second kappa shape index (κ2) is 5.12. The quantitative estimate of drug-likeness (QED) is 0.881. The molecule has 0 saturated carbocycles. The van der Waals surface area contributed by atoms with Crippen LogP contribution in [0.3, 0.4) is 0 Å². The summed E-state index contributed by atoms with van der Waals surface area (Å²) in [6, 6.07) is 8.21. The molecule has 2 N–H and O–H groups in total. The summed E-state index contributed by atoms with van der Waals surface area (Å²) >= 11 is 0. The lowest BCUT2D eigenvalue weighted by Gasteiger charge is -2.16. The number of fused-ring (bicyclic) bond motifs is 1. The van der Waals surface area contributed by atoms with Crippen LogP contribution in [0, 0.1) is 0 Å². The SMILES string of the molecule is CC(C)c1ccc(-c2nc3c(c(=O)[nH]2)CCCN3)cc1. The third-order valence-electron chi connectivity index (χ3n) is 3.76. The highest BCUT2D eigenvalue weighted by molar-refractivity contribution is 5.59. The van der Waals surface area contributed by atoms with Gasteiger partial charge in [-0.2, -0.15) is 0 Å². The van der Waals surface area contributed by atoms with Crippen LogP contribution >= 0.6 is 0 Å². The van der Waals surface area contributed by atoms with Gasteiger partial charge in [-0.25, -0.2) is 4.98 Å². The summed E-state index contributed by atoms with van der Waals surface area (Å²) in [7, 11) is 0. The predicted octanol–water partition coefficient (Wildman–Crippen LogP) is 2.92. The highest BCUT2D eigenvalue weighted by Crippen LogP contribution is 2.22. The van der Waals surface area contributed by atoms with E-state index in [1.807, 2.05) is 12.1 Å². The number of nitrogens with zero attached hydrogens (tertiary/aromatic N) is 1. The molecule has 1 aromatic heterocycles. The summed E-state index contributed by atoms with van der Waals surface area (Å²) < 4.78 is 0. The summed E-state index contributed by atoms with van der Waals surface area (Å²) in [6.07, 6.45) is 1.79. The molecular formula is C16H19N3O. The van der Waals surface area contributed by atoms with Crippen LogP contribution in [0.5, 0.6) is 0 Å². The summed E-state index contributed by atoms with van der Waals surface area (Å²) in [5.41, 5.74) is 2.98. The molecule has 0 aliphatic carbocycles. The molecule has 1 aliphatic rings. The smallest absolute Gasteiger partial charge is 0.256 e. The first-order valence-electron chi connectivity index (χ1n) is 7.12. The van der Waals surface area contributed by atoms with Crippen molar-refractivity contribution in [2.75, 3.05) is 11.9 Å². The van der Waals surface area contributed by atoms with Crippen molar-refractivity contribution < 1.29 is 0 Å². The van der Waals surface area contributed by atoms with Crippen LogP contribution in [0.4, 0.5) is 5.82 Å². The zero-order valence-corrected chi connectivity index (χ0v) is 11.9. The van der Waals surface area contributed by atoms with Gasteiger partial charge in [0.05, 0.1) is 5.56 Å². The molecule has 4 nitrogen and oxygen atoms in total. The fourth-order valence-electron chi connectivity index (χ4n) is 2.51.